The van der Waals surface area contributed by atoms with Crippen LogP contribution in [0.4, 0.5) is 0 Å². The van der Waals surface area contributed by atoms with Crippen molar-refractivity contribution in [1.82, 2.24) is 20.1 Å². The first-order chi connectivity index (χ1) is 16.2. The van der Waals surface area contributed by atoms with Crippen molar-refractivity contribution in [2.75, 3.05) is 14.1 Å². The van der Waals surface area contributed by atoms with Crippen LogP contribution in [0.5, 0.6) is 0 Å². The van der Waals surface area contributed by atoms with Crippen molar-refractivity contribution in [3.05, 3.63) is 47.7 Å². The van der Waals surface area contributed by atoms with E-state index in [1.165, 1.54) is 11.8 Å². The molecular weight excluding hydrogens is 444 g/mol. The van der Waals surface area contributed by atoms with Gasteiger partial charge in [-0.05, 0) is 38.4 Å². The molecule has 8 nitrogen and oxygen atoms in total. The van der Waals surface area contributed by atoms with Crippen molar-refractivity contribution in [2.45, 2.75) is 65.1 Å². The zero-order valence-corrected chi connectivity index (χ0v) is 22.3. The second kappa shape index (κ2) is 11.1. The molecule has 0 aliphatic heterocycles. The van der Waals surface area contributed by atoms with E-state index >= 15 is 0 Å². The highest BCUT2D eigenvalue weighted by atomic mass is 16.4. The standard InChI is InChI=1S/C27H40N4O4/c1-16(2)22(14-17(3)26(34)35)31(9)25(33)18(4)29-24(32)23(28-7)27(5,6)20-15-30(8)21-13-11-10-12-19(20)21/h10-16,18,22-23,28H,1-9H3,(H,29,32)(H,34,35)/b17-14+/t18?,22?,23-/m1/s1. The molecule has 2 unspecified atom stereocenters. The summed E-state index contributed by atoms with van der Waals surface area (Å²) in [6, 6.07) is 6.28. The molecule has 0 bridgehead atoms. The average molecular weight is 485 g/mol. The number of carbonyl (C=O) groups is 3. The van der Waals surface area contributed by atoms with Crippen LogP contribution in [0.2, 0.25) is 0 Å². The predicted octanol–water partition coefficient (Wildman–Crippen LogP) is 3.06. The van der Waals surface area contributed by atoms with E-state index in [4.69, 9.17) is 0 Å². The van der Waals surface area contributed by atoms with Gasteiger partial charge in [0.05, 0.1) is 12.1 Å². The van der Waals surface area contributed by atoms with Crippen LogP contribution in [-0.2, 0) is 26.8 Å². The number of carbonyl (C=O) groups excluding carboxylic acids is 2. The lowest BCUT2D eigenvalue weighted by Gasteiger charge is -2.35. The van der Waals surface area contributed by atoms with E-state index in [9.17, 15) is 19.5 Å². The Morgan fingerprint density at radius 1 is 1.14 bits per heavy atom. The number of hydrogen-bond donors (Lipinski definition) is 3. The third-order valence-electron chi connectivity index (χ3n) is 6.83. The summed E-state index contributed by atoms with van der Waals surface area (Å²) in [5, 5.41) is 16.4. The Bertz CT molecular complexity index is 1120. The summed E-state index contributed by atoms with van der Waals surface area (Å²) in [5.74, 6) is -1.59. The molecule has 8 heteroatoms. The number of aliphatic carboxylic acids is 1. The molecule has 0 saturated heterocycles. The van der Waals surface area contributed by atoms with Crippen LogP contribution >= 0.6 is 0 Å². The Morgan fingerprint density at radius 3 is 2.29 bits per heavy atom. The van der Waals surface area contributed by atoms with Gasteiger partial charge in [-0.15, -0.1) is 0 Å². The number of hydrogen-bond acceptors (Lipinski definition) is 4. The minimum atomic E-state index is -1.02. The molecule has 1 aromatic heterocycles. The normalized spacial score (nSPS) is 15.1. The highest BCUT2D eigenvalue weighted by Gasteiger charge is 2.39. The van der Waals surface area contributed by atoms with Gasteiger partial charge in [-0.25, -0.2) is 4.79 Å². The quantitative estimate of drug-likeness (QED) is 0.450. The summed E-state index contributed by atoms with van der Waals surface area (Å²) < 4.78 is 2.05. The number of likely N-dealkylation sites (N-methyl/N-ethyl adjacent to an activating group) is 2. The van der Waals surface area contributed by atoms with Gasteiger partial charge in [0.25, 0.3) is 0 Å². The second-order valence-corrected chi connectivity index (χ2v) is 10.2. The molecule has 1 heterocycles. The molecule has 192 valence electrons. The number of para-hydroxylation sites is 1. The summed E-state index contributed by atoms with van der Waals surface area (Å²) in [7, 11) is 5.36. The largest absolute Gasteiger partial charge is 0.478 e. The fraction of sp³-hybridized carbons (Fsp3) is 0.519. The third kappa shape index (κ3) is 5.93. The highest BCUT2D eigenvalue weighted by molar-refractivity contribution is 5.92. The molecule has 2 aromatic rings. The van der Waals surface area contributed by atoms with Crippen molar-refractivity contribution in [3.8, 4) is 0 Å². The maximum absolute atomic E-state index is 13.4. The summed E-state index contributed by atoms with van der Waals surface area (Å²) in [4.78, 5) is 39.4. The molecule has 0 spiro atoms. The van der Waals surface area contributed by atoms with E-state index in [-0.39, 0.29) is 23.3 Å². The SMILES string of the molecule is CN[C@H](C(=O)NC(C)C(=O)N(C)C(/C=C(\C)C(=O)O)C(C)C)C(C)(C)c1cn(C)c2ccccc12. The second-order valence-electron chi connectivity index (χ2n) is 10.2. The Hall–Kier alpha value is -3.13. The van der Waals surface area contributed by atoms with Gasteiger partial charge in [-0.3, -0.25) is 9.59 Å². The first kappa shape index (κ1) is 28.1. The van der Waals surface area contributed by atoms with Crippen LogP contribution in [0.25, 0.3) is 10.9 Å². The van der Waals surface area contributed by atoms with Gasteiger partial charge >= 0.3 is 5.97 Å². The van der Waals surface area contributed by atoms with E-state index in [2.05, 4.69) is 27.5 Å². The van der Waals surface area contributed by atoms with Crippen molar-refractivity contribution in [2.24, 2.45) is 13.0 Å². The zero-order valence-electron chi connectivity index (χ0n) is 22.3. The number of aromatic nitrogens is 1. The lowest BCUT2D eigenvalue weighted by molar-refractivity contribution is -0.137. The van der Waals surface area contributed by atoms with Crippen LogP contribution < -0.4 is 10.6 Å². The third-order valence-corrected chi connectivity index (χ3v) is 6.83. The van der Waals surface area contributed by atoms with Crippen molar-refractivity contribution in [1.29, 1.82) is 0 Å². The van der Waals surface area contributed by atoms with Gasteiger partial charge in [0.1, 0.15) is 6.04 Å². The lowest BCUT2D eigenvalue weighted by Crippen LogP contribution is -2.58. The number of nitrogens with one attached hydrogen (secondary N) is 2. The number of benzene rings is 1. The molecule has 35 heavy (non-hydrogen) atoms. The minimum Gasteiger partial charge on any atom is -0.478 e. The van der Waals surface area contributed by atoms with E-state index < -0.39 is 29.5 Å². The van der Waals surface area contributed by atoms with E-state index in [1.54, 1.807) is 27.1 Å². The van der Waals surface area contributed by atoms with E-state index in [0.717, 1.165) is 16.5 Å². The number of fused-ring (bicyclic) bond motifs is 1. The molecule has 3 N–H and O–H groups in total. The number of amides is 2. The predicted molar refractivity (Wildman–Crippen MR) is 139 cm³/mol. The Kier molecular flexibility index (Phi) is 8.89. The van der Waals surface area contributed by atoms with Gasteiger partial charge < -0.3 is 25.2 Å². The topological polar surface area (TPSA) is 104 Å². The maximum atomic E-state index is 13.4. The number of carboxylic acid groups (broad SMARTS) is 1. The van der Waals surface area contributed by atoms with Gasteiger partial charge in [-0.1, -0.05) is 52.0 Å². The summed E-state index contributed by atoms with van der Waals surface area (Å²) in [6.45, 7) is 11.0. The zero-order chi connectivity index (χ0) is 26.7. The van der Waals surface area contributed by atoms with Crippen LogP contribution in [0, 0.1) is 5.92 Å². The summed E-state index contributed by atoms with van der Waals surface area (Å²) >= 11 is 0. The molecule has 0 aliphatic rings. The average Bonchev–Trinajstić information content (AvgIpc) is 3.13. The highest BCUT2D eigenvalue weighted by Crippen LogP contribution is 2.34. The number of nitrogens with zero attached hydrogens (tertiary/aromatic N) is 2. The van der Waals surface area contributed by atoms with Gasteiger partial charge in [0.15, 0.2) is 0 Å². The molecule has 1 aromatic carbocycles. The van der Waals surface area contributed by atoms with Crippen molar-refractivity contribution >= 4 is 28.7 Å². The molecule has 0 aliphatic carbocycles. The number of rotatable bonds is 10. The first-order valence-corrected chi connectivity index (χ1v) is 11.9. The maximum Gasteiger partial charge on any atom is 0.331 e. The Balaban J connectivity index is 2.26. The van der Waals surface area contributed by atoms with Gasteiger partial charge in [0.2, 0.25) is 11.8 Å². The van der Waals surface area contributed by atoms with Crippen LogP contribution in [0.1, 0.15) is 47.1 Å². The van der Waals surface area contributed by atoms with Crippen LogP contribution in [0.15, 0.2) is 42.1 Å². The number of aryl methyl sites for hydroxylation is 1. The molecule has 3 atom stereocenters. The molecule has 2 rings (SSSR count). The minimum absolute atomic E-state index is 0.00324. The molecule has 0 saturated carbocycles. The Labute approximate surface area is 208 Å². The first-order valence-electron chi connectivity index (χ1n) is 11.9. The van der Waals surface area contributed by atoms with E-state index in [1.807, 2.05) is 52.9 Å². The summed E-state index contributed by atoms with van der Waals surface area (Å²) in [6.07, 6.45) is 3.63. The molecule has 0 fully saturated rings. The molecule has 2 amide bonds. The fourth-order valence-corrected chi connectivity index (χ4v) is 4.72. The number of carboxylic acids is 1. The van der Waals surface area contributed by atoms with Crippen molar-refractivity contribution < 1.29 is 19.5 Å². The lowest BCUT2D eigenvalue weighted by atomic mass is 9.77. The van der Waals surface area contributed by atoms with Crippen LogP contribution in [0.3, 0.4) is 0 Å². The monoisotopic (exact) mass is 484 g/mol. The smallest absolute Gasteiger partial charge is 0.331 e. The fourth-order valence-electron chi connectivity index (χ4n) is 4.72. The van der Waals surface area contributed by atoms with Crippen LogP contribution in [-0.4, -0.2) is 64.6 Å². The van der Waals surface area contributed by atoms with Gasteiger partial charge in [-0.2, -0.15) is 0 Å². The molecular formula is C27H40N4O4. The Morgan fingerprint density at radius 2 is 1.74 bits per heavy atom. The molecule has 0 radical (unpaired) electrons. The summed E-state index contributed by atoms with van der Waals surface area (Å²) in [5.41, 5.74) is 1.72. The van der Waals surface area contributed by atoms with E-state index in [0.29, 0.717) is 0 Å². The van der Waals surface area contributed by atoms with Gasteiger partial charge in [0, 0.05) is 42.2 Å². The van der Waals surface area contributed by atoms with Crippen molar-refractivity contribution in [3.63, 3.8) is 0 Å².